The summed E-state index contributed by atoms with van der Waals surface area (Å²) in [5.74, 6) is -1.28. The van der Waals surface area contributed by atoms with Crippen molar-refractivity contribution in [2.24, 2.45) is 0 Å². The molecule has 0 aliphatic rings. The molecule has 2 N–H and O–H groups in total. The van der Waals surface area contributed by atoms with Crippen LogP contribution in [0.1, 0.15) is 22.8 Å². The predicted molar refractivity (Wildman–Crippen MR) is 95.8 cm³/mol. The molecule has 26 heavy (non-hydrogen) atoms. The molecule has 1 unspecified atom stereocenters. The standard InChI is InChI=1S/C18H19N3O5/c1-12(17(22)20-11-13-6-4-3-5-7-13)26-18(23)15-10-14(21(24)25)8-9-16(15)19-2/h3-10,12,19H,11H2,1-2H3,(H,20,22). The predicted octanol–water partition coefficient (Wildman–Crippen LogP) is 2.50. The van der Waals surface area contributed by atoms with Gasteiger partial charge in [0, 0.05) is 31.4 Å². The minimum Gasteiger partial charge on any atom is -0.449 e. The van der Waals surface area contributed by atoms with Gasteiger partial charge < -0.3 is 15.4 Å². The molecule has 136 valence electrons. The normalized spacial score (nSPS) is 11.3. The van der Waals surface area contributed by atoms with Crippen LogP contribution in [-0.2, 0) is 16.1 Å². The van der Waals surface area contributed by atoms with Gasteiger partial charge in [0.15, 0.2) is 6.10 Å². The highest BCUT2D eigenvalue weighted by Gasteiger charge is 2.22. The molecule has 0 aliphatic heterocycles. The molecule has 0 aliphatic carbocycles. The molecule has 0 heterocycles. The van der Waals surface area contributed by atoms with Crippen molar-refractivity contribution < 1.29 is 19.2 Å². The van der Waals surface area contributed by atoms with Crippen LogP contribution in [0.15, 0.2) is 48.5 Å². The van der Waals surface area contributed by atoms with E-state index in [2.05, 4.69) is 10.6 Å². The zero-order valence-electron chi connectivity index (χ0n) is 14.4. The summed E-state index contributed by atoms with van der Waals surface area (Å²) in [5.41, 5.74) is 1.04. The maximum atomic E-state index is 12.3. The number of amides is 1. The van der Waals surface area contributed by atoms with Gasteiger partial charge in [-0.2, -0.15) is 0 Å². The lowest BCUT2D eigenvalue weighted by Crippen LogP contribution is -2.35. The number of nitrogens with one attached hydrogen (secondary N) is 2. The number of anilines is 1. The average molecular weight is 357 g/mol. The summed E-state index contributed by atoms with van der Waals surface area (Å²) in [5, 5.41) is 16.3. The Balaban J connectivity index is 2.02. The largest absolute Gasteiger partial charge is 0.449 e. The molecule has 0 fully saturated rings. The minimum atomic E-state index is -1.05. The highest BCUT2D eigenvalue weighted by atomic mass is 16.6. The van der Waals surface area contributed by atoms with E-state index >= 15 is 0 Å². The van der Waals surface area contributed by atoms with Crippen LogP contribution in [0.3, 0.4) is 0 Å². The van der Waals surface area contributed by atoms with Gasteiger partial charge in [-0.05, 0) is 18.6 Å². The van der Waals surface area contributed by atoms with E-state index in [9.17, 15) is 19.7 Å². The van der Waals surface area contributed by atoms with Gasteiger partial charge in [0.1, 0.15) is 0 Å². The van der Waals surface area contributed by atoms with Gasteiger partial charge in [-0.3, -0.25) is 14.9 Å². The third-order valence-corrected chi connectivity index (χ3v) is 3.67. The van der Waals surface area contributed by atoms with Crippen molar-refractivity contribution in [3.05, 3.63) is 69.8 Å². The summed E-state index contributed by atoms with van der Waals surface area (Å²) in [6, 6.07) is 13.1. The van der Waals surface area contributed by atoms with Crippen LogP contribution < -0.4 is 10.6 Å². The molecule has 8 nitrogen and oxygen atoms in total. The highest BCUT2D eigenvalue weighted by molar-refractivity contribution is 5.98. The van der Waals surface area contributed by atoms with Crippen LogP contribution >= 0.6 is 0 Å². The molecular weight excluding hydrogens is 338 g/mol. The molecule has 2 rings (SSSR count). The minimum absolute atomic E-state index is 0.00981. The molecule has 8 heteroatoms. The zero-order valence-corrected chi connectivity index (χ0v) is 14.4. The lowest BCUT2D eigenvalue weighted by molar-refractivity contribution is -0.384. The Morgan fingerprint density at radius 3 is 2.50 bits per heavy atom. The van der Waals surface area contributed by atoms with Crippen molar-refractivity contribution in [1.29, 1.82) is 0 Å². The molecule has 0 bridgehead atoms. The maximum absolute atomic E-state index is 12.3. The van der Waals surface area contributed by atoms with Gasteiger partial charge in [-0.15, -0.1) is 0 Å². The van der Waals surface area contributed by atoms with Crippen LogP contribution in [0, 0.1) is 10.1 Å². The molecule has 2 aromatic carbocycles. The number of hydrogen-bond acceptors (Lipinski definition) is 6. The number of carbonyl (C=O) groups excluding carboxylic acids is 2. The first-order valence-electron chi connectivity index (χ1n) is 7.91. The van der Waals surface area contributed by atoms with Crippen LogP contribution in [0.25, 0.3) is 0 Å². The second-order valence-electron chi connectivity index (χ2n) is 5.49. The third-order valence-electron chi connectivity index (χ3n) is 3.67. The number of non-ortho nitro benzene ring substituents is 1. The van der Waals surface area contributed by atoms with Gasteiger partial charge in [-0.25, -0.2) is 4.79 Å². The third kappa shape index (κ3) is 4.79. The van der Waals surface area contributed by atoms with Gasteiger partial charge >= 0.3 is 5.97 Å². The van der Waals surface area contributed by atoms with E-state index in [1.54, 1.807) is 7.05 Å². The summed E-state index contributed by atoms with van der Waals surface area (Å²) >= 11 is 0. The maximum Gasteiger partial charge on any atom is 0.341 e. The summed E-state index contributed by atoms with van der Waals surface area (Å²) in [7, 11) is 1.58. The first-order valence-corrected chi connectivity index (χ1v) is 7.91. The first kappa shape index (κ1) is 18.9. The summed E-state index contributed by atoms with van der Waals surface area (Å²) in [6.07, 6.45) is -1.05. The molecule has 0 saturated heterocycles. The monoisotopic (exact) mass is 357 g/mol. The second kappa shape index (κ2) is 8.61. The van der Waals surface area contributed by atoms with E-state index < -0.39 is 22.9 Å². The van der Waals surface area contributed by atoms with Crippen LogP contribution in [0.2, 0.25) is 0 Å². The van der Waals surface area contributed by atoms with Crippen molar-refractivity contribution in [2.75, 3.05) is 12.4 Å². The van der Waals surface area contributed by atoms with E-state index in [0.29, 0.717) is 12.2 Å². The topological polar surface area (TPSA) is 111 Å². The quantitative estimate of drug-likeness (QED) is 0.447. The molecule has 0 radical (unpaired) electrons. The SMILES string of the molecule is CNc1ccc([N+](=O)[O-])cc1C(=O)OC(C)C(=O)NCc1ccccc1. The Labute approximate surface area is 150 Å². The van der Waals surface area contributed by atoms with Crippen molar-refractivity contribution in [3.8, 4) is 0 Å². The van der Waals surface area contributed by atoms with Gasteiger partial charge in [0.2, 0.25) is 0 Å². The summed E-state index contributed by atoms with van der Waals surface area (Å²) in [4.78, 5) is 34.7. The lowest BCUT2D eigenvalue weighted by atomic mass is 10.1. The number of nitro groups is 1. The second-order valence-corrected chi connectivity index (χ2v) is 5.49. The highest BCUT2D eigenvalue weighted by Crippen LogP contribution is 2.23. The van der Waals surface area contributed by atoms with Gasteiger partial charge in [0.25, 0.3) is 11.6 Å². The first-order chi connectivity index (χ1) is 12.4. The molecule has 2 aromatic rings. The van der Waals surface area contributed by atoms with Gasteiger partial charge in [-0.1, -0.05) is 30.3 Å². The number of benzene rings is 2. The Morgan fingerprint density at radius 2 is 1.88 bits per heavy atom. The number of esters is 1. The number of hydrogen-bond donors (Lipinski definition) is 2. The molecule has 0 spiro atoms. The summed E-state index contributed by atoms with van der Waals surface area (Å²) < 4.78 is 5.15. The van der Waals surface area contributed by atoms with E-state index in [1.165, 1.54) is 19.1 Å². The van der Waals surface area contributed by atoms with Crippen molar-refractivity contribution in [1.82, 2.24) is 5.32 Å². The number of ether oxygens (including phenoxy) is 1. The smallest absolute Gasteiger partial charge is 0.341 e. The number of rotatable bonds is 7. The van der Waals surface area contributed by atoms with Crippen LogP contribution in [0.5, 0.6) is 0 Å². The fraction of sp³-hybridized carbons (Fsp3) is 0.222. The molecule has 1 amide bonds. The van der Waals surface area contributed by atoms with Crippen molar-refractivity contribution in [2.45, 2.75) is 19.6 Å². The molecular formula is C18H19N3O5. The lowest BCUT2D eigenvalue weighted by Gasteiger charge is -2.15. The van der Waals surface area contributed by atoms with Crippen molar-refractivity contribution in [3.63, 3.8) is 0 Å². The Kier molecular flexibility index (Phi) is 6.26. The van der Waals surface area contributed by atoms with Crippen LogP contribution in [0.4, 0.5) is 11.4 Å². The fourth-order valence-electron chi connectivity index (χ4n) is 2.24. The number of nitrogens with zero attached hydrogens (tertiary/aromatic N) is 1. The number of carbonyl (C=O) groups is 2. The molecule has 0 saturated carbocycles. The Hall–Kier alpha value is -3.42. The van der Waals surface area contributed by atoms with E-state index in [1.807, 2.05) is 30.3 Å². The number of nitro benzene ring substituents is 1. The van der Waals surface area contributed by atoms with E-state index in [0.717, 1.165) is 11.6 Å². The Bertz CT molecular complexity index is 808. The molecule has 0 aromatic heterocycles. The molecule has 1 atom stereocenters. The fourth-order valence-corrected chi connectivity index (χ4v) is 2.24. The zero-order chi connectivity index (χ0) is 19.1. The Morgan fingerprint density at radius 1 is 1.19 bits per heavy atom. The van der Waals surface area contributed by atoms with Gasteiger partial charge in [0.05, 0.1) is 10.5 Å². The van der Waals surface area contributed by atoms with Crippen LogP contribution in [-0.4, -0.2) is 30.0 Å². The van der Waals surface area contributed by atoms with E-state index in [-0.39, 0.29) is 11.3 Å². The average Bonchev–Trinajstić information content (AvgIpc) is 2.66. The van der Waals surface area contributed by atoms with E-state index in [4.69, 9.17) is 4.74 Å². The van der Waals surface area contributed by atoms with Crippen molar-refractivity contribution >= 4 is 23.3 Å². The summed E-state index contributed by atoms with van der Waals surface area (Å²) in [6.45, 7) is 1.74.